The van der Waals surface area contributed by atoms with E-state index >= 15 is 0 Å². The van der Waals surface area contributed by atoms with Gasteiger partial charge in [0.15, 0.2) is 0 Å². The van der Waals surface area contributed by atoms with Crippen LogP contribution in [0.5, 0.6) is 0 Å². The second kappa shape index (κ2) is 11.6. The van der Waals surface area contributed by atoms with Crippen molar-refractivity contribution < 1.29 is 14.7 Å². The minimum atomic E-state index is -0.978. The van der Waals surface area contributed by atoms with Gasteiger partial charge in [-0.1, -0.05) is 59.3 Å². The number of rotatable bonds is 11. The van der Waals surface area contributed by atoms with Gasteiger partial charge in [0.25, 0.3) is 0 Å². The predicted molar refractivity (Wildman–Crippen MR) is 80.8 cm³/mol. The highest BCUT2D eigenvalue weighted by molar-refractivity contribution is 5.82. The zero-order valence-electron chi connectivity index (χ0n) is 13.1. The summed E-state index contributed by atoms with van der Waals surface area (Å²) in [5, 5.41) is 14.3. The standard InChI is InChI=1S/C15H30N2O3/c1-4-6-7-8-9-10-11-16-15(20)17-13(14(18)19)12(3)5-2/h12-13H,4-11H2,1-3H3,(H,18,19)(H2,16,17,20)/t12-,13-/m0/s1. The van der Waals surface area contributed by atoms with Gasteiger partial charge in [0.2, 0.25) is 0 Å². The Labute approximate surface area is 122 Å². The normalized spacial score (nSPS) is 13.6. The number of carbonyl (C=O) groups excluding carboxylic acids is 1. The third-order valence-corrected chi connectivity index (χ3v) is 3.58. The quantitative estimate of drug-likeness (QED) is 0.510. The summed E-state index contributed by atoms with van der Waals surface area (Å²) in [6.07, 6.45) is 7.70. The summed E-state index contributed by atoms with van der Waals surface area (Å²) in [6, 6.07) is -1.20. The summed E-state index contributed by atoms with van der Waals surface area (Å²) < 4.78 is 0. The van der Waals surface area contributed by atoms with Crippen molar-refractivity contribution in [2.75, 3.05) is 6.54 Å². The highest BCUT2D eigenvalue weighted by atomic mass is 16.4. The first-order chi connectivity index (χ1) is 9.52. The van der Waals surface area contributed by atoms with E-state index in [1.165, 1.54) is 25.7 Å². The number of carboxylic acids is 1. The molecule has 0 rings (SSSR count). The molecule has 5 heteroatoms. The van der Waals surface area contributed by atoms with Crippen molar-refractivity contribution in [3.63, 3.8) is 0 Å². The maximum absolute atomic E-state index is 11.6. The van der Waals surface area contributed by atoms with E-state index in [4.69, 9.17) is 5.11 Å². The fourth-order valence-corrected chi connectivity index (χ4v) is 1.98. The van der Waals surface area contributed by atoms with Gasteiger partial charge in [-0.3, -0.25) is 0 Å². The molecule has 0 aliphatic carbocycles. The Hall–Kier alpha value is -1.26. The Bertz CT molecular complexity index is 282. The van der Waals surface area contributed by atoms with Gasteiger partial charge in [-0.05, 0) is 12.3 Å². The van der Waals surface area contributed by atoms with Crippen LogP contribution < -0.4 is 10.6 Å². The van der Waals surface area contributed by atoms with Gasteiger partial charge in [0.05, 0.1) is 0 Å². The number of carbonyl (C=O) groups is 2. The Morgan fingerprint density at radius 2 is 1.65 bits per heavy atom. The van der Waals surface area contributed by atoms with Crippen molar-refractivity contribution in [2.24, 2.45) is 5.92 Å². The molecule has 2 atom stereocenters. The lowest BCUT2D eigenvalue weighted by Crippen LogP contribution is -2.49. The van der Waals surface area contributed by atoms with E-state index in [-0.39, 0.29) is 11.9 Å². The van der Waals surface area contributed by atoms with Gasteiger partial charge in [-0.15, -0.1) is 0 Å². The SMILES string of the molecule is CCCCCCCCNC(=O)N[C@H](C(=O)O)[C@@H](C)CC. The largest absolute Gasteiger partial charge is 0.480 e. The number of nitrogens with one attached hydrogen (secondary N) is 2. The minimum absolute atomic E-state index is 0.0766. The van der Waals surface area contributed by atoms with Gasteiger partial charge in [0, 0.05) is 6.54 Å². The zero-order chi connectivity index (χ0) is 15.4. The first-order valence-corrected chi connectivity index (χ1v) is 7.80. The summed E-state index contributed by atoms with van der Waals surface area (Å²) in [5.41, 5.74) is 0. The molecule has 0 saturated carbocycles. The number of amides is 2. The molecule has 0 aromatic rings. The summed E-state index contributed by atoms with van der Waals surface area (Å²) >= 11 is 0. The lowest BCUT2D eigenvalue weighted by molar-refractivity contribution is -0.140. The fourth-order valence-electron chi connectivity index (χ4n) is 1.98. The van der Waals surface area contributed by atoms with E-state index in [0.717, 1.165) is 12.8 Å². The summed E-state index contributed by atoms with van der Waals surface area (Å²) in [7, 11) is 0. The maximum atomic E-state index is 11.6. The Morgan fingerprint density at radius 1 is 1.05 bits per heavy atom. The molecule has 0 aliphatic heterocycles. The van der Waals surface area contributed by atoms with Crippen molar-refractivity contribution in [3.8, 4) is 0 Å². The van der Waals surface area contributed by atoms with Crippen molar-refractivity contribution in [3.05, 3.63) is 0 Å². The van der Waals surface area contributed by atoms with E-state index in [1.54, 1.807) is 0 Å². The second-order valence-corrected chi connectivity index (χ2v) is 5.37. The Kier molecular flexibility index (Phi) is 10.8. The topological polar surface area (TPSA) is 78.4 Å². The molecule has 0 bridgehead atoms. The molecule has 5 nitrogen and oxygen atoms in total. The lowest BCUT2D eigenvalue weighted by atomic mass is 9.99. The van der Waals surface area contributed by atoms with Crippen LogP contribution in [0.15, 0.2) is 0 Å². The average molecular weight is 286 g/mol. The number of unbranched alkanes of at least 4 members (excludes halogenated alkanes) is 5. The van der Waals surface area contributed by atoms with Gasteiger partial charge < -0.3 is 15.7 Å². The highest BCUT2D eigenvalue weighted by Crippen LogP contribution is 2.07. The Morgan fingerprint density at radius 3 is 2.20 bits per heavy atom. The smallest absolute Gasteiger partial charge is 0.326 e. The van der Waals surface area contributed by atoms with Crippen LogP contribution in [-0.4, -0.2) is 29.7 Å². The monoisotopic (exact) mass is 286 g/mol. The van der Waals surface area contributed by atoms with E-state index in [2.05, 4.69) is 17.6 Å². The molecule has 0 radical (unpaired) electrons. The molecule has 0 saturated heterocycles. The molecule has 0 aromatic carbocycles. The lowest BCUT2D eigenvalue weighted by Gasteiger charge is -2.20. The molecule has 118 valence electrons. The van der Waals surface area contributed by atoms with E-state index in [1.807, 2.05) is 13.8 Å². The molecule has 0 aromatic heterocycles. The molecule has 0 aliphatic rings. The molecule has 20 heavy (non-hydrogen) atoms. The second-order valence-electron chi connectivity index (χ2n) is 5.37. The molecule has 0 spiro atoms. The van der Waals surface area contributed by atoms with Crippen molar-refractivity contribution in [1.82, 2.24) is 10.6 Å². The van der Waals surface area contributed by atoms with Gasteiger partial charge in [-0.25, -0.2) is 9.59 Å². The van der Waals surface area contributed by atoms with E-state index in [0.29, 0.717) is 13.0 Å². The third-order valence-electron chi connectivity index (χ3n) is 3.58. The van der Waals surface area contributed by atoms with E-state index < -0.39 is 12.0 Å². The van der Waals surface area contributed by atoms with Crippen molar-refractivity contribution >= 4 is 12.0 Å². The summed E-state index contributed by atoms with van der Waals surface area (Å²) in [5.74, 6) is -1.05. The predicted octanol–water partition coefficient (Wildman–Crippen LogP) is 3.15. The van der Waals surface area contributed by atoms with Gasteiger partial charge in [0.1, 0.15) is 6.04 Å². The van der Waals surface area contributed by atoms with Crippen molar-refractivity contribution in [2.45, 2.75) is 71.8 Å². The number of urea groups is 1. The minimum Gasteiger partial charge on any atom is -0.480 e. The van der Waals surface area contributed by atoms with Crippen LogP contribution in [0.25, 0.3) is 0 Å². The molecular formula is C15H30N2O3. The molecule has 0 heterocycles. The van der Waals surface area contributed by atoms with Crippen LogP contribution in [0.3, 0.4) is 0 Å². The molecular weight excluding hydrogens is 256 g/mol. The molecule has 2 amide bonds. The van der Waals surface area contributed by atoms with Crippen LogP contribution in [0.1, 0.15) is 65.7 Å². The fraction of sp³-hybridized carbons (Fsp3) is 0.867. The highest BCUT2D eigenvalue weighted by Gasteiger charge is 2.24. The van der Waals surface area contributed by atoms with Crippen LogP contribution in [-0.2, 0) is 4.79 Å². The molecule has 3 N–H and O–H groups in total. The van der Waals surface area contributed by atoms with Crippen LogP contribution in [0.2, 0.25) is 0 Å². The maximum Gasteiger partial charge on any atom is 0.326 e. The number of carboxylic acid groups (broad SMARTS) is 1. The number of hydrogen-bond acceptors (Lipinski definition) is 2. The van der Waals surface area contributed by atoms with Crippen LogP contribution in [0.4, 0.5) is 4.79 Å². The van der Waals surface area contributed by atoms with Crippen LogP contribution >= 0.6 is 0 Å². The first-order valence-electron chi connectivity index (χ1n) is 7.80. The first kappa shape index (κ1) is 18.7. The third kappa shape index (κ3) is 8.77. The van der Waals surface area contributed by atoms with E-state index in [9.17, 15) is 9.59 Å². The number of hydrogen-bond donors (Lipinski definition) is 3. The zero-order valence-corrected chi connectivity index (χ0v) is 13.1. The average Bonchev–Trinajstić information content (AvgIpc) is 2.42. The van der Waals surface area contributed by atoms with Crippen LogP contribution in [0, 0.1) is 5.92 Å². The summed E-state index contributed by atoms with van der Waals surface area (Å²) in [4.78, 5) is 22.7. The summed E-state index contributed by atoms with van der Waals surface area (Å²) in [6.45, 7) is 6.52. The van der Waals surface area contributed by atoms with Gasteiger partial charge in [-0.2, -0.15) is 0 Å². The number of aliphatic carboxylic acids is 1. The molecule has 0 unspecified atom stereocenters. The molecule has 0 fully saturated rings. The van der Waals surface area contributed by atoms with Gasteiger partial charge >= 0.3 is 12.0 Å². The van der Waals surface area contributed by atoms with Crippen molar-refractivity contribution in [1.29, 1.82) is 0 Å². The Balaban J connectivity index is 3.78.